The molecule has 3 rings (SSSR count). The molecule has 1 nitrogen and oxygen atoms in total. The number of rotatable bonds is 5. The molecule has 0 heterocycles. The van der Waals surface area contributed by atoms with E-state index in [1.54, 1.807) is 7.11 Å². The van der Waals surface area contributed by atoms with Gasteiger partial charge in [0.1, 0.15) is 5.75 Å². The maximum absolute atomic E-state index is 5.36. The Bertz CT molecular complexity index is 763. The summed E-state index contributed by atoms with van der Waals surface area (Å²) in [6, 6.07) is 29.6. The standard InChI is InChI=1S/C23H24OS/c1-22(2,25)23(18-10-6-4-7-11-18,19-12-8-5-9-13-19)20-14-16-21(24-3)17-15-20/h4-17,25H,1-3H3. The van der Waals surface area contributed by atoms with Gasteiger partial charge >= 0.3 is 0 Å². The Morgan fingerprint density at radius 2 is 1.04 bits per heavy atom. The third-order valence-corrected chi connectivity index (χ3v) is 5.19. The van der Waals surface area contributed by atoms with E-state index in [1.165, 1.54) is 16.7 Å². The highest BCUT2D eigenvalue weighted by Crippen LogP contribution is 2.50. The van der Waals surface area contributed by atoms with Crippen LogP contribution in [0.4, 0.5) is 0 Å². The van der Waals surface area contributed by atoms with Gasteiger partial charge in [-0.3, -0.25) is 0 Å². The van der Waals surface area contributed by atoms with Crippen molar-refractivity contribution in [3.05, 3.63) is 102 Å². The molecule has 3 aromatic carbocycles. The van der Waals surface area contributed by atoms with Crippen LogP contribution in [0.3, 0.4) is 0 Å². The van der Waals surface area contributed by atoms with Crippen LogP contribution in [0.1, 0.15) is 30.5 Å². The lowest BCUT2D eigenvalue weighted by molar-refractivity contribution is 0.413. The Labute approximate surface area is 156 Å². The van der Waals surface area contributed by atoms with Crippen molar-refractivity contribution >= 4 is 12.6 Å². The fraction of sp³-hybridized carbons (Fsp3) is 0.217. The molecule has 0 atom stereocenters. The van der Waals surface area contributed by atoms with Gasteiger partial charge in [0.2, 0.25) is 0 Å². The van der Waals surface area contributed by atoms with Gasteiger partial charge in [-0.2, -0.15) is 12.6 Å². The maximum atomic E-state index is 5.36. The molecule has 0 saturated heterocycles. The Kier molecular flexibility index (Phi) is 4.91. The van der Waals surface area contributed by atoms with Gasteiger partial charge in [-0.05, 0) is 42.7 Å². The normalized spacial score (nSPS) is 12.0. The minimum atomic E-state index is -0.384. The van der Waals surface area contributed by atoms with Gasteiger partial charge in [-0.1, -0.05) is 72.8 Å². The van der Waals surface area contributed by atoms with E-state index in [0.717, 1.165) is 5.75 Å². The topological polar surface area (TPSA) is 9.23 Å². The summed E-state index contributed by atoms with van der Waals surface area (Å²) >= 11 is 5.09. The van der Waals surface area contributed by atoms with E-state index in [0.29, 0.717) is 0 Å². The van der Waals surface area contributed by atoms with Crippen LogP contribution in [0, 0.1) is 0 Å². The fourth-order valence-electron chi connectivity index (χ4n) is 3.78. The SMILES string of the molecule is COc1ccc(C(c2ccccc2)(c2ccccc2)C(C)(C)S)cc1. The summed E-state index contributed by atoms with van der Waals surface area (Å²) in [7, 11) is 1.69. The predicted molar refractivity (Wildman–Crippen MR) is 109 cm³/mol. The molecule has 0 radical (unpaired) electrons. The highest BCUT2D eigenvalue weighted by molar-refractivity contribution is 7.81. The zero-order valence-corrected chi connectivity index (χ0v) is 15.8. The highest BCUT2D eigenvalue weighted by Gasteiger charge is 2.47. The molecule has 0 saturated carbocycles. The van der Waals surface area contributed by atoms with E-state index >= 15 is 0 Å². The third-order valence-electron chi connectivity index (χ3n) is 4.85. The minimum absolute atomic E-state index is 0.329. The molecule has 25 heavy (non-hydrogen) atoms. The van der Waals surface area contributed by atoms with Crippen molar-refractivity contribution in [1.82, 2.24) is 0 Å². The number of benzene rings is 3. The van der Waals surface area contributed by atoms with Crippen molar-refractivity contribution < 1.29 is 4.74 Å². The summed E-state index contributed by atoms with van der Waals surface area (Å²) in [5.41, 5.74) is 3.27. The second-order valence-electron chi connectivity index (χ2n) is 6.77. The van der Waals surface area contributed by atoms with E-state index in [-0.39, 0.29) is 10.2 Å². The lowest BCUT2D eigenvalue weighted by atomic mass is 9.62. The monoisotopic (exact) mass is 348 g/mol. The van der Waals surface area contributed by atoms with Crippen LogP contribution in [0.15, 0.2) is 84.9 Å². The lowest BCUT2D eigenvalue weighted by Gasteiger charge is -2.46. The van der Waals surface area contributed by atoms with Crippen LogP contribution in [0.2, 0.25) is 0 Å². The van der Waals surface area contributed by atoms with Gasteiger partial charge in [0.25, 0.3) is 0 Å². The third kappa shape index (κ3) is 3.07. The number of hydrogen-bond donors (Lipinski definition) is 1. The van der Waals surface area contributed by atoms with Gasteiger partial charge in [-0.25, -0.2) is 0 Å². The fourth-order valence-corrected chi connectivity index (χ4v) is 4.16. The summed E-state index contributed by atoms with van der Waals surface area (Å²) in [6.45, 7) is 4.36. The van der Waals surface area contributed by atoms with Gasteiger partial charge in [0, 0.05) is 4.75 Å². The summed E-state index contributed by atoms with van der Waals surface area (Å²) < 4.78 is 5.03. The molecule has 0 aliphatic rings. The number of thiol groups is 1. The zero-order chi connectivity index (χ0) is 17.9. The minimum Gasteiger partial charge on any atom is -0.497 e. The second-order valence-corrected chi connectivity index (χ2v) is 7.89. The summed E-state index contributed by atoms with van der Waals surface area (Å²) in [4.78, 5) is 0. The largest absolute Gasteiger partial charge is 0.497 e. The van der Waals surface area contributed by atoms with Crippen molar-refractivity contribution in [1.29, 1.82) is 0 Å². The van der Waals surface area contributed by atoms with Crippen LogP contribution in [0.25, 0.3) is 0 Å². The number of hydrogen-bond acceptors (Lipinski definition) is 2. The molecule has 0 fully saturated rings. The van der Waals surface area contributed by atoms with Gasteiger partial charge < -0.3 is 4.74 Å². The lowest BCUT2D eigenvalue weighted by Crippen LogP contribution is -2.45. The van der Waals surface area contributed by atoms with E-state index < -0.39 is 0 Å². The van der Waals surface area contributed by atoms with Gasteiger partial charge in [0.05, 0.1) is 12.5 Å². The molecule has 0 amide bonds. The second kappa shape index (κ2) is 6.97. The average molecular weight is 349 g/mol. The van der Waals surface area contributed by atoms with Crippen LogP contribution in [-0.2, 0) is 5.41 Å². The van der Waals surface area contributed by atoms with E-state index in [1.807, 2.05) is 12.1 Å². The first-order valence-electron chi connectivity index (χ1n) is 8.48. The molecule has 0 aromatic heterocycles. The van der Waals surface area contributed by atoms with Crippen LogP contribution >= 0.6 is 12.6 Å². The van der Waals surface area contributed by atoms with Crippen LogP contribution < -0.4 is 4.74 Å². The van der Waals surface area contributed by atoms with Crippen molar-refractivity contribution in [2.45, 2.75) is 24.0 Å². The average Bonchev–Trinajstić information content (AvgIpc) is 2.63. The molecule has 0 unspecified atom stereocenters. The Morgan fingerprint density at radius 3 is 1.40 bits per heavy atom. The quantitative estimate of drug-likeness (QED) is 0.457. The van der Waals surface area contributed by atoms with Crippen molar-refractivity contribution in [2.75, 3.05) is 7.11 Å². The summed E-state index contributed by atoms with van der Waals surface area (Å²) in [6.07, 6.45) is 0. The van der Waals surface area contributed by atoms with Crippen molar-refractivity contribution in [3.8, 4) is 5.75 Å². The molecule has 128 valence electrons. The molecular weight excluding hydrogens is 324 g/mol. The molecule has 0 bridgehead atoms. The first-order valence-corrected chi connectivity index (χ1v) is 8.93. The predicted octanol–water partition coefficient (Wildman–Crippen LogP) is 5.74. The van der Waals surface area contributed by atoms with Crippen molar-refractivity contribution in [2.24, 2.45) is 0 Å². The summed E-state index contributed by atoms with van der Waals surface area (Å²) in [5.74, 6) is 0.857. The Morgan fingerprint density at radius 1 is 0.640 bits per heavy atom. The molecule has 3 aromatic rings. The summed E-state index contributed by atoms with van der Waals surface area (Å²) in [5, 5.41) is 0. The van der Waals surface area contributed by atoms with Gasteiger partial charge in [-0.15, -0.1) is 0 Å². The molecule has 0 N–H and O–H groups in total. The first-order chi connectivity index (χ1) is 12.0. The number of methoxy groups -OCH3 is 1. The first kappa shape index (κ1) is 17.6. The molecular formula is C23H24OS. The van der Waals surface area contributed by atoms with Crippen LogP contribution in [0.5, 0.6) is 5.75 Å². The van der Waals surface area contributed by atoms with E-state index in [4.69, 9.17) is 17.4 Å². The van der Waals surface area contributed by atoms with E-state index in [2.05, 4.69) is 86.6 Å². The Hall–Kier alpha value is -2.19. The highest BCUT2D eigenvalue weighted by atomic mass is 32.1. The Balaban J connectivity index is 2.36. The van der Waals surface area contributed by atoms with Crippen LogP contribution in [-0.4, -0.2) is 11.9 Å². The molecule has 0 aliphatic carbocycles. The van der Waals surface area contributed by atoms with Crippen molar-refractivity contribution in [3.63, 3.8) is 0 Å². The molecule has 2 heteroatoms. The maximum Gasteiger partial charge on any atom is 0.118 e. The van der Waals surface area contributed by atoms with E-state index in [9.17, 15) is 0 Å². The smallest absolute Gasteiger partial charge is 0.118 e. The van der Waals surface area contributed by atoms with Gasteiger partial charge in [0.15, 0.2) is 0 Å². The zero-order valence-electron chi connectivity index (χ0n) is 14.9. The molecule has 0 spiro atoms. The number of ether oxygens (including phenoxy) is 1. The molecule has 0 aliphatic heterocycles.